The zero-order valence-corrected chi connectivity index (χ0v) is 15.8. The number of ketones is 2. The number of hydrogen-bond donors (Lipinski definition) is 2. The summed E-state index contributed by atoms with van der Waals surface area (Å²) in [5, 5.41) is 21.2. The molecule has 0 aromatic carbocycles. The molecule has 0 spiro atoms. The molecule has 25 heavy (non-hydrogen) atoms. The molecule has 8 atom stereocenters. The maximum atomic E-state index is 13.0. The first-order valence-corrected chi connectivity index (χ1v) is 10.1. The molecule has 4 aliphatic carbocycles. The van der Waals surface area contributed by atoms with E-state index in [4.69, 9.17) is 0 Å². The first-order valence-electron chi connectivity index (χ1n) is 10.1. The lowest BCUT2D eigenvalue weighted by molar-refractivity contribution is -0.176. The van der Waals surface area contributed by atoms with Crippen molar-refractivity contribution in [1.82, 2.24) is 0 Å². The van der Waals surface area contributed by atoms with Crippen molar-refractivity contribution in [3.05, 3.63) is 0 Å². The molecule has 0 aromatic rings. The van der Waals surface area contributed by atoms with Crippen LogP contribution in [0.25, 0.3) is 0 Å². The Morgan fingerprint density at radius 1 is 1.08 bits per heavy atom. The van der Waals surface area contributed by atoms with Crippen LogP contribution in [0.4, 0.5) is 0 Å². The molecule has 4 rings (SSSR count). The Morgan fingerprint density at radius 3 is 2.44 bits per heavy atom. The zero-order chi connectivity index (χ0) is 18.2. The number of carbonyl (C=O) groups is 2. The molecule has 140 valence electrons. The average molecular weight is 348 g/mol. The smallest absolute Gasteiger partial charge is 0.161 e. The minimum Gasteiger partial charge on any atom is -0.393 e. The Morgan fingerprint density at radius 2 is 1.76 bits per heavy atom. The first-order chi connectivity index (χ1) is 11.6. The van der Waals surface area contributed by atoms with Gasteiger partial charge in [-0.15, -0.1) is 0 Å². The number of rotatable bonds is 1. The van der Waals surface area contributed by atoms with Gasteiger partial charge in [0.15, 0.2) is 5.78 Å². The van der Waals surface area contributed by atoms with E-state index in [1.165, 1.54) is 6.92 Å². The third-order valence-corrected chi connectivity index (χ3v) is 9.22. The van der Waals surface area contributed by atoms with E-state index in [0.29, 0.717) is 36.5 Å². The molecule has 4 fully saturated rings. The maximum Gasteiger partial charge on any atom is 0.161 e. The lowest BCUT2D eigenvalue weighted by Gasteiger charge is -2.60. The second kappa shape index (κ2) is 5.39. The minimum atomic E-state index is -1.19. The van der Waals surface area contributed by atoms with Gasteiger partial charge in [-0.2, -0.15) is 0 Å². The maximum absolute atomic E-state index is 13.0. The quantitative estimate of drug-likeness (QED) is 0.764. The van der Waals surface area contributed by atoms with Crippen molar-refractivity contribution < 1.29 is 19.8 Å². The van der Waals surface area contributed by atoms with Crippen LogP contribution in [-0.4, -0.2) is 33.5 Å². The fourth-order valence-electron chi connectivity index (χ4n) is 7.67. The summed E-state index contributed by atoms with van der Waals surface area (Å²) in [6.45, 7) is 5.80. The van der Waals surface area contributed by atoms with E-state index in [1.807, 2.05) is 0 Å². The van der Waals surface area contributed by atoms with Crippen LogP contribution in [0.5, 0.6) is 0 Å². The molecule has 0 bridgehead atoms. The molecule has 0 heterocycles. The summed E-state index contributed by atoms with van der Waals surface area (Å²) < 4.78 is 0. The monoisotopic (exact) mass is 348 g/mol. The third kappa shape index (κ3) is 2.07. The zero-order valence-electron chi connectivity index (χ0n) is 15.8. The molecular weight excluding hydrogens is 316 g/mol. The SMILES string of the molecule is CC(=O)C1(O)CCC2C3CCC4CC(O)CC(=O)C4(C)C3CCC21C. The van der Waals surface area contributed by atoms with E-state index in [9.17, 15) is 19.8 Å². The largest absolute Gasteiger partial charge is 0.393 e. The van der Waals surface area contributed by atoms with Gasteiger partial charge < -0.3 is 10.2 Å². The summed E-state index contributed by atoms with van der Waals surface area (Å²) in [4.78, 5) is 25.2. The van der Waals surface area contributed by atoms with Gasteiger partial charge in [-0.1, -0.05) is 13.8 Å². The van der Waals surface area contributed by atoms with Gasteiger partial charge in [0.25, 0.3) is 0 Å². The molecular formula is C21H32O4. The fourth-order valence-corrected chi connectivity index (χ4v) is 7.67. The molecule has 8 unspecified atom stereocenters. The standard InChI is InChI=1S/C21H32O4/c1-12(22)21(25)9-7-16-15-5-4-13-10-14(23)11-18(24)20(13,3)17(15)6-8-19(16,21)2/h13-17,23,25H,4-11H2,1-3H3. The van der Waals surface area contributed by atoms with Crippen molar-refractivity contribution in [3.63, 3.8) is 0 Å². The Balaban J connectivity index is 1.69. The molecule has 2 N–H and O–H groups in total. The topological polar surface area (TPSA) is 74.6 Å². The van der Waals surface area contributed by atoms with Crippen molar-refractivity contribution >= 4 is 11.6 Å². The van der Waals surface area contributed by atoms with E-state index in [0.717, 1.165) is 38.5 Å². The Hall–Kier alpha value is -0.740. The summed E-state index contributed by atoms with van der Waals surface area (Å²) in [6.07, 6.45) is 5.86. The van der Waals surface area contributed by atoms with Crippen LogP contribution in [0.1, 0.15) is 72.1 Å². The van der Waals surface area contributed by atoms with Crippen molar-refractivity contribution in [3.8, 4) is 0 Å². The van der Waals surface area contributed by atoms with E-state index in [-0.39, 0.29) is 22.4 Å². The summed E-state index contributed by atoms with van der Waals surface area (Å²) in [6, 6.07) is 0. The Labute approximate surface area is 150 Å². The van der Waals surface area contributed by atoms with E-state index >= 15 is 0 Å². The normalized spacial score (nSPS) is 55.2. The first kappa shape index (κ1) is 17.7. The van der Waals surface area contributed by atoms with Gasteiger partial charge in [0.05, 0.1) is 6.10 Å². The highest BCUT2D eigenvalue weighted by Crippen LogP contribution is 2.67. The van der Waals surface area contributed by atoms with Gasteiger partial charge >= 0.3 is 0 Å². The molecule has 0 aliphatic heterocycles. The number of carbonyl (C=O) groups excluding carboxylic acids is 2. The van der Waals surface area contributed by atoms with Crippen LogP contribution in [0.15, 0.2) is 0 Å². The highest BCUT2D eigenvalue weighted by Gasteiger charge is 2.67. The summed E-state index contributed by atoms with van der Waals surface area (Å²) in [7, 11) is 0. The second-order valence-electron chi connectivity index (χ2n) is 9.86. The fraction of sp³-hybridized carbons (Fsp3) is 0.905. The lowest BCUT2D eigenvalue weighted by Crippen LogP contribution is -2.60. The predicted octanol–water partition coefficient (Wildman–Crippen LogP) is 2.89. The highest BCUT2D eigenvalue weighted by atomic mass is 16.3. The molecule has 0 aromatic heterocycles. The highest BCUT2D eigenvalue weighted by molar-refractivity contribution is 5.87. The lowest BCUT2D eigenvalue weighted by atomic mass is 9.44. The van der Waals surface area contributed by atoms with Gasteiger partial charge in [0.2, 0.25) is 0 Å². The van der Waals surface area contributed by atoms with Crippen LogP contribution in [0.3, 0.4) is 0 Å². The van der Waals surface area contributed by atoms with Gasteiger partial charge in [-0.05, 0) is 75.5 Å². The molecule has 4 saturated carbocycles. The van der Waals surface area contributed by atoms with Gasteiger partial charge in [0, 0.05) is 17.3 Å². The number of Topliss-reactive ketones (excluding diaryl/α,β-unsaturated/α-hetero) is 2. The van der Waals surface area contributed by atoms with Gasteiger partial charge in [-0.3, -0.25) is 9.59 Å². The number of aliphatic hydroxyl groups excluding tert-OH is 1. The molecule has 0 radical (unpaired) electrons. The van der Waals surface area contributed by atoms with Crippen molar-refractivity contribution in [2.75, 3.05) is 0 Å². The van der Waals surface area contributed by atoms with Crippen LogP contribution in [0, 0.1) is 34.5 Å². The Bertz CT molecular complexity index is 615. The number of aliphatic hydroxyl groups is 2. The van der Waals surface area contributed by atoms with Crippen LogP contribution in [-0.2, 0) is 9.59 Å². The summed E-state index contributed by atoms with van der Waals surface area (Å²) in [5.74, 6) is 1.55. The van der Waals surface area contributed by atoms with E-state index in [1.54, 1.807) is 0 Å². The molecule has 4 heteroatoms. The van der Waals surface area contributed by atoms with Crippen LogP contribution in [0.2, 0.25) is 0 Å². The van der Waals surface area contributed by atoms with Crippen molar-refractivity contribution in [2.24, 2.45) is 34.5 Å². The summed E-state index contributed by atoms with van der Waals surface area (Å²) in [5.41, 5.74) is -1.85. The molecule has 4 nitrogen and oxygen atoms in total. The van der Waals surface area contributed by atoms with Gasteiger partial charge in [0.1, 0.15) is 11.4 Å². The van der Waals surface area contributed by atoms with E-state index in [2.05, 4.69) is 13.8 Å². The summed E-state index contributed by atoms with van der Waals surface area (Å²) >= 11 is 0. The predicted molar refractivity (Wildman–Crippen MR) is 93.8 cm³/mol. The van der Waals surface area contributed by atoms with Crippen LogP contribution >= 0.6 is 0 Å². The van der Waals surface area contributed by atoms with Crippen molar-refractivity contribution in [1.29, 1.82) is 0 Å². The molecule has 0 saturated heterocycles. The second-order valence-corrected chi connectivity index (χ2v) is 9.86. The minimum absolute atomic E-state index is 0.0901. The molecule has 0 amide bonds. The average Bonchev–Trinajstić information content (AvgIpc) is 2.82. The third-order valence-electron chi connectivity index (χ3n) is 9.22. The van der Waals surface area contributed by atoms with Gasteiger partial charge in [-0.25, -0.2) is 0 Å². The van der Waals surface area contributed by atoms with E-state index < -0.39 is 11.7 Å². The Kier molecular flexibility index (Phi) is 3.81. The number of hydrogen-bond acceptors (Lipinski definition) is 4. The van der Waals surface area contributed by atoms with Crippen molar-refractivity contribution in [2.45, 2.75) is 83.8 Å². The number of fused-ring (bicyclic) bond motifs is 5. The van der Waals surface area contributed by atoms with Crippen LogP contribution < -0.4 is 0 Å². The molecule has 4 aliphatic rings.